The number of carbonyl (C=O) groups is 2. The summed E-state index contributed by atoms with van der Waals surface area (Å²) in [5.41, 5.74) is 1.06. The Morgan fingerprint density at radius 1 is 1.24 bits per heavy atom. The van der Waals surface area contributed by atoms with Crippen LogP contribution in [0.2, 0.25) is 0 Å². The number of rotatable bonds is 4. The molecule has 1 N–H and O–H groups in total. The number of hydrogen-bond donors (Lipinski definition) is 1. The Balaban J connectivity index is 2.30. The smallest absolute Gasteiger partial charge is 0.340 e. The summed E-state index contributed by atoms with van der Waals surface area (Å²) >= 11 is 0. The van der Waals surface area contributed by atoms with E-state index in [9.17, 15) is 9.59 Å². The number of hydrogen-bond acceptors (Lipinski definition) is 6. The van der Waals surface area contributed by atoms with Gasteiger partial charge in [0.05, 0.1) is 31.2 Å². The van der Waals surface area contributed by atoms with Crippen LogP contribution in [-0.4, -0.2) is 31.3 Å². The number of methoxy groups -OCH3 is 2. The van der Waals surface area contributed by atoms with Crippen molar-refractivity contribution in [2.75, 3.05) is 19.5 Å². The van der Waals surface area contributed by atoms with E-state index >= 15 is 0 Å². The van der Waals surface area contributed by atoms with Gasteiger partial charge in [-0.15, -0.1) is 0 Å². The van der Waals surface area contributed by atoms with Crippen molar-refractivity contribution in [1.29, 1.82) is 0 Å². The van der Waals surface area contributed by atoms with E-state index < -0.39 is 11.9 Å². The zero-order valence-corrected chi connectivity index (χ0v) is 11.8. The maximum atomic E-state index is 12.0. The average Bonchev–Trinajstić information content (AvgIpc) is 2.93. The average molecular weight is 290 g/mol. The quantitative estimate of drug-likeness (QED) is 0.866. The molecule has 7 nitrogen and oxygen atoms in total. The molecule has 0 radical (unpaired) electrons. The summed E-state index contributed by atoms with van der Waals surface area (Å²) in [5, 5.41) is 6.21. The molecule has 0 fully saturated rings. The zero-order chi connectivity index (χ0) is 15.4. The van der Waals surface area contributed by atoms with Crippen LogP contribution in [0, 0.1) is 6.92 Å². The van der Waals surface area contributed by atoms with Crippen molar-refractivity contribution in [3.63, 3.8) is 0 Å². The number of nitrogens with one attached hydrogen (secondary N) is 1. The second kappa shape index (κ2) is 6.08. The molecule has 21 heavy (non-hydrogen) atoms. The highest BCUT2D eigenvalue weighted by atomic mass is 16.5. The van der Waals surface area contributed by atoms with E-state index in [0.717, 1.165) is 0 Å². The Kier molecular flexibility index (Phi) is 4.22. The van der Waals surface area contributed by atoms with Crippen molar-refractivity contribution in [3.8, 4) is 5.75 Å². The summed E-state index contributed by atoms with van der Waals surface area (Å²) in [4.78, 5) is 23.8. The van der Waals surface area contributed by atoms with Crippen LogP contribution in [0.25, 0.3) is 0 Å². The fourth-order valence-corrected chi connectivity index (χ4v) is 1.69. The Morgan fingerprint density at radius 2 is 2.00 bits per heavy atom. The number of anilines is 1. The summed E-state index contributed by atoms with van der Waals surface area (Å²) < 4.78 is 14.6. The van der Waals surface area contributed by atoms with Crippen LogP contribution in [0.3, 0.4) is 0 Å². The van der Waals surface area contributed by atoms with E-state index in [1.165, 1.54) is 26.4 Å². The van der Waals surface area contributed by atoms with Gasteiger partial charge in [0.25, 0.3) is 5.91 Å². The third-order valence-corrected chi connectivity index (χ3v) is 2.73. The first-order valence-electron chi connectivity index (χ1n) is 6.06. The number of amides is 1. The highest BCUT2D eigenvalue weighted by Gasteiger charge is 2.18. The molecule has 2 aromatic rings. The van der Waals surface area contributed by atoms with Gasteiger partial charge in [0.15, 0.2) is 0 Å². The van der Waals surface area contributed by atoms with Crippen LogP contribution in [-0.2, 0) is 4.74 Å². The fraction of sp³-hybridized carbons (Fsp3) is 0.214. The number of aryl methyl sites for hydroxylation is 1. The molecule has 0 atom stereocenters. The predicted molar refractivity (Wildman–Crippen MR) is 73.5 cm³/mol. The first-order chi connectivity index (χ1) is 10.0. The van der Waals surface area contributed by atoms with Crippen molar-refractivity contribution >= 4 is 17.6 Å². The molecule has 7 heteroatoms. The van der Waals surface area contributed by atoms with Crippen LogP contribution in [0.1, 0.15) is 26.6 Å². The third kappa shape index (κ3) is 3.19. The number of ether oxygens (including phenoxy) is 2. The lowest BCUT2D eigenvalue weighted by Gasteiger charge is -2.10. The highest BCUT2D eigenvalue weighted by Crippen LogP contribution is 2.23. The highest BCUT2D eigenvalue weighted by molar-refractivity contribution is 6.06. The standard InChI is InChI=1S/C14H14N2O5/c1-8-6-12(21-16-8)13(17)15-11-5-4-9(19-2)7-10(11)14(18)20-3/h4-7H,1-3H3,(H,15,17). The molecule has 110 valence electrons. The summed E-state index contributed by atoms with van der Waals surface area (Å²) in [6.07, 6.45) is 0. The molecule has 0 saturated carbocycles. The van der Waals surface area contributed by atoms with Gasteiger partial charge in [-0.3, -0.25) is 4.79 Å². The van der Waals surface area contributed by atoms with Gasteiger partial charge in [0.1, 0.15) is 5.75 Å². The number of esters is 1. The monoisotopic (exact) mass is 290 g/mol. The van der Waals surface area contributed by atoms with Gasteiger partial charge in [0, 0.05) is 6.07 Å². The minimum absolute atomic E-state index is 0.0548. The molecular formula is C14H14N2O5. The van der Waals surface area contributed by atoms with Gasteiger partial charge in [-0.2, -0.15) is 0 Å². The van der Waals surface area contributed by atoms with Crippen molar-refractivity contribution in [1.82, 2.24) is 5.16 Å². The molecule has 1 aromatic heterocycles. The summed E-state index contributed by atoms with van der Waals surface area (Å²) in [5.74, 6) is -0.563. The minimum atomic E-state index is -0.585. The first-order valence-corrected chi connectivity index (χ1v) is 6.06. The minimum Gasteiger partial charge on any atom is -0.497 e. The van der Waals surface area contributed by atoms with Crippen molar-refractivity contribution in [2.45, 2.75) is 6.92 Å². The van der Waals surface area contributed by atoms with Gasteiger partial charge < -0.3 is 19.3 Å². The van der Waals surface area contributed by atoms with E-state index in [1.807, 2.05) is 0 Å². The van der Waals surface area contributed by atoms with E-state index in [0.29, 0.717) is 17.1 Å². The van der Waals surface area contributed by atoms with E-state index in [4.69, 9.17) is 9.26 Å². The van der Waals surface area contributed by atoms with E-state index in [2.05, 4.69) is 15.2 Å². The fourth-order valence-electron chi connectivity index (χ4n) is 1.69. The van der Waals surface area contributed by atoms with Gasteiger partial charge in [-0.1, -0.05) is 5.16 Å². The molecule has 1 aromatic carbocycles. The SMILES string of the molecule is COC(=O)c1cc(OC)ccc1NC(=O)c1cc(C)no1. The molecule has 0 aliphatic heterocycles. The zero-order valence-electron chi connectivity index (χ0n) is 11.8. The maximum absolute atomic E-state index is 12.0. The number of benzene rings is 1. The second-order valence-corrected chi connectivity index (χ2v) is 4.19. The van der Waals surface area contributed by atoms with Gasteiger partial charge >= 0.3 is 5.97 Å². The Labute approximate surface area is 120 Å². The Morgan fingerprint density at radius 3 is 2.57 bits per heavy atom. The molecule has 0 unspecified atom stereocenters. The van der Waals surface area contributed by atoms with Crippen molar-refractivity contribution in [2.24, 2.45) is 0 Å². The van der Waals surface area contributed by atoms with Crippen LogP contribution in [0.4, 0.5) is 5.69 Å². The lowest BCUT2D eigenvalue weighted by Crippen LogP contribution is -2.15. The number of nitrogens with zero attached hydrogens (tertiary/aromatic N) is 1. The molecule has 1 heterocycles. The molecular weight excluding hydrogens is 276 g/mol. The molecule has 0 aliphatic rings. The second-order valence-electron chi connectivity index (χ2n) is 4.19. The molecule has 1 amide bonds. The molecule has 0 aliphatic carbocycles. The summed E-state index contributed by atoms with van der Waals surface area (Å²) in [6.45, 7) is 1.70. The topological polar surface area (TPSA) is 90.7 Å². The molecule has 2 rings (SSSR count). The summed E-state index contributed by atoms with van der Waals surface area (Å²) in [6, 6.07) is 6.14. The van der Waals surface area contributed by atoms with Crippen molar-refractivity contribution in [3.05, 3.63) is 41.3 Å². The number of carbonyl (C=O) groups excluding carboxylic acids is 2. The first kappa shape index (κ1) is 14.6. The lowest BCUT2D eigenvalue weighted by atomic mass is 10.1. The van der Waals surface area contributed by atoms with E-state index in [-0.39, 0.29) is 11.3 Å². The molecule has 0 bridgehead atoms. The molecule has 0 spiro atoms. The Hall–Kier alpha value is -2.83. The van der Waals surface area contributed by atoms with Crippen LogP contribution >= 0.6 is 0 Å². The normalized spacial score (nSPS) is 10.0. The summed E-state index contributed by atoms with van der Waals surface area (Å²) in [7, 11) is 2.74. The lowest BCUT2D eigenvalue weighted by molar-refractivity contribution is 0.0601. The number of aromatic nitrogens is 1. The van der Waals surface area contributed by atoms with Crippen LogP contribution < -0.4 is 10.1 Å². The van der Waals surface area contributed by atoms with Crippen LogP contribution in [0.5, 0.6) is 5.75 Å². The van der Waals surface area contributed by atoms with Gasteiger partial charge in [0.2, 0.25) is 5.76 Å². The maximum Gasteiger partial charge on any atom is 0.340 e. The molecule has 0 saturated heterocycles. The van der Waals surface area contributed by atoms with E-state index in [1.54, 1.807) is 19.1 Å². The third-order valence-electron chi connectivity index (χ3n) is 2.73. The van der Waals surface area contributed by atoms with Gasteiger partial charge in [-0.05, 0) is 25.1 Å². The predicted octanol–water partition coefficient (Wildman–Crippen LogP) is 2.03. The van der Waals surface area contributed by atoms with Gasteiger partial charge in [-0.25, -0.2) is 4.79 Å². The van der Waals surface area contributed by atoms with Crippen molar-refractivity contribution < 1.29 is 23.6 Å². The Bertz CT molecular complexity index is 678. The largest absolute Gasteiger partial charge is 0.497 e. The van der Waals surface area contributed by atoms with Crippen LogP contribution in [0.15, 0.2) is 28.8 Å².